The number of benzene rings is 2. The fourth-order valence-corrected chi connectivity index (χ4v) is 5.17. The summed E-state index contributed by atoms with van der Waals surface area (Å²) in [5.74, 6) is 1.95. The molecular weight excluding hydrogens is 428 g/mol. The number of nitrogens with one attached hydrogen (secondary N) is 1. The number of thiophene rings is 1. The number of aromatic nitrogens is 4. The molecule has 5 aromatic rings. The van der Waals surface area contributed by atoms with Crippen LogP contribution in [0.15, 0.2) is 82.3 Å². The SMILES string of the molecule is COc1ccc(-n2ccnc2SCc2nc3scc(-c4ccccc4)c3c(=O)[nH]2)cc1. The normalized spacial score (nSPS) is 11.1. The molecule has 0 radical (unpaired) electrons. The maximum absolute atomic E-state index is 12.8. The summed E-state index contributed by atoms with van der Waals surface area (Å²) in [6.45, 7) is 0. The highest BCUT2D eigenvalue weighted by atomic mass is 32.2. The molecule has 0 aliphatic rings. The van der Waals surface area contributed by atoms with Gasteiger partial charge in [-0.2, -0.15) is 0 Å². The fourth-order valence-electron chi connectivity index (χ4n) is 3.36. The Morgan fingerprint density at radius 2 is 1.94 bits per heavy atom. The molecule has 0 unspecified atom stereocenters. The first-order valence-electron chi connectivity index (χ1n) is 9.59. The van der Waals surface area contributed by atoms with Crippen molar-refractivity contribution in [1.82, 2.24) is 19.5 Å². The van der Waals surface area contributed by atoms with E-state index in [2.05, 4.69) is 9.97 Å². The predicted molar refractivity (Wildman–Crippen MR) is 125 cm³/mol. The predicted octanol–water partition coefficient (Wildman–Crippen LogP) is 5.14. The van der Waals surface area contributed by atoms with E-state index in [1.807, 2.05) is 70.7 Å². The molecule has 6 nitrogen and oxygen atoms in total. The lowest BCUT2D eigenvalue weighted by molar-refractivity contribution is 0.414. The van der Waals surface area contributed by atoms with Crippen molar-refractivity contribution in [1.29, 1.82) is 0 Å². The highest BCUT2D eigenvalue weighted by molar-refractivity contribution is 7.98. The minimum absolute atomic E-state index is 0.112. The van der Waals surface area contributed by atoms with Crippen molar-refractivity contribution in [2.75, 3.05) is 7.11 Å². The van der Waals surface area contributed by atoms with Gasteiger partial charge in [0.1, 0.15) is 16.4 Å². The number of aromatic amines is 1. The standard InChI is InChI=1S/C23H18N4O2S2/c1-29-17-9-7-16(8-10-17)27-12-11-24-23(27)31-14-19-25-21(28)20-18(13-30-22(20)26-19)15-5-3-2-4-6-15/h2-13H,14H2,1H3,(H,25,26,28). The molecule has 8 heteroatoms. The molecule has 3 heterocycles. The van der Waals surface area contributed by atoms with E-state index >= 15 is 0 Å². The zero-order valence-electron chi connectivity index (χ0n) is 16.6. The maximum Gasteiger partial charge on any atom is 0.260 e. The number of imidazole rings is 1. The van der Waals surface area contributed by atoms with Gasteiger partial charge in [0, 0.05) is 29.0 Å². The number of hydrogen-bond donors (Lipinski definition) is 1. The van der Waals surface area contributed by atoms with Gasteiger partial charge in [0.25, 0.3) is 5.56 Å². The van der Waals surface area contributed by atoms with Crippen LogP contribution in [0.5, 0.6) is 5.75 Å². The number of ether oxygens (including phenoxy) is 1. The summed E-state index contributed by atoms with van der Waals surface area (Å²) >= 11 is 3.02. The van der Waals surface area contributed by atoms with Crippen molar-refractivity contribution in [2.45, 2.75) is 10.9 Å². The second kappa shape index (κ2) is 8.41. The number of methoxy groups -OCH3 is 1. The molecular formula is C23H18N4O2S2. The van der Waals surface area contributed by atoms with Gasteiger partial charge in [-0.25, -0.2) is 9.97 Å². The summed E-state index contributed by atoms with van der Waals surface area (Å²) in [4.78, 5) is 25.7. The Labute approximate surface area is 186 Å². The monoisotopic (exact) mass is 446 g/mol. The zero-order valence-corrected chi connectivity index (χ0v) is 18.2. The minimum atomic E-state index is -0.112. The van der Waals surface area contributed by atoms with Crippen LogP contribution >= 0.6 is 23.1 Å². The van der Waals surface area contributed by atoms with Crippen molar-refractivity contribution >= 4 is 33.3 Å². The van der Waals surface area contributed by atoms with Crippen molar-refractivity contribution < 1.29 is 4.74 Å². The second-order valence-electron chi connectivity index (χ2n) is 6.77. The summed E-state index contributed by atoms with van der Waals surface area (Å²) in [7, 11) is 1.65. The van der Waals surface area contributed by atoms with Gasteiger partial charge in [-0.05, 0) is 29.8 Å². The van der Waals surface area contributed by atoms with Crippen molar-refractivity contribution in [2.24, 2.45) is 0 Å². The number of nitrogens with zero attached hydrogens (tertiary/aromatic N) is 3. The first kappa shape index (κ1) is 19.6. The van der Waals surface area contributed by atoms with Crippen LogP contribution in [-0.4, -0.2) is 26.6 Å². The van der Waals surface area contributed by atoms with Crippen LogP contribution in [0, 0.1) is 0 Å². The van der Waals surface area contributed by atoms with Crippen molar-refractivity contribution in [3.63, 3.8) is 0 Å². The molecule has 1 N–H and O–H groups in total. The van der Waals surface area contributed by atoms with Crippen LogP contribution in [0.25, 0.3) is 27.0 Å². The summed E-state index contributed by atoms with van der Waals surface area (Å²) in [6.07, 6.45) is 3.67. The largest absolute Gasteiger partial charge is 0.497 e. The van der Waals surface area contributed by atoms with Gasteiger partial charge < -0.3 is 9.72 Å². The van der Waals surface area contributed by atoms with Gasteiger partial charge in [-0.1, -0.05) is 42.1 Å². The maximum atomic E-state index is 12.8. The molecule has 0 amide bonds. The van der Waals surface area contributed by atoms with Crippen LogP contribution in [0.1, 0.15) is 5.82 Å². The molecule has 3 aromatic heterocycles. The summed E-state index contributed by atoms with van der Waals surface area (Å²) < 4.78 is 7.23. The van der Waals surface area contributed by atoms with Crippen LogP contribution < -0.4 is 10.3 Å². The quantitative estimate of drug-likeness (QED) is 0.366. The van der Waals surface area contributed by atoms with Gasteiger partial charge in [0.05, 0.1) is 18.2 Å². The van der Waals surface area contributed by atoms with Gasteiger partial charge in [-0.3, -0.25) is 9.36 Å². The summed E-state index contributed by atoms with van der Waals surface area (Å²) in [5.41, 5.74) is 2.82. The average Bonchev–Trinajstić information content (AvgIpc) is 3.46. The lowest BCUT2D eigenvalue weighted by atomic mass is 10.1. The molecule has 31 heavy (non-hydrogen) atoms. The Morgan fingerprint density at radius 3 is 2.71 bits per heavy atom. The lowest BCUT2D eigenvalue weighted by Crippen LogP contribution is -2.11. The molecule has 0 aliphatic carbocycles. The lowest BCUT2D eigenvalue weighted by Gasteiger charge is -2.08. The minimum Gasteiger partial charge on any atom is -0.497 e. The van der Waals surface area contributed by atoms with Gasteiger partial charge >= 0.3 is 0 Å². The topological polar surface area (TPSA) is 72.8 Å². The van der Waals surface area contributed by atoms with Crippen molar-refractivity contribution in [3.8, 4) is 22.6 Å². The molecule has 5 rings (SSSR count). The number of fused-ring (bicyclic) bond motifs is 1. The molecule has 0 saturated heterocycles. The van der Waals surface area contributed by atoms with Crippen molar-refractivity contribution in [3.05, 3.63) is 88.5 Å². The Hall–Kier alpha value is -3.36. The number of thioether (sulfide) groups is 1. The molecule has 2 aromatic carbocycles. The van der Waals surface area contributed by atoms with E-state index in [0.717, 1.165) is 32.6 Å². The Kier molecular flexibility index (Phi) is 5.31. The first-order valence-corrected chi connectivity index (χ1v) is 11.5. The molecule has 0 fully saturated rings. The number of H-pyrrole nitrogens is 1. The van der Waals surface area contributed by atoms with E-state index in [9.17, 15) is 4.79 Å². The summed E-state index contributed by atoms with van der Waals surface area (Å²) in [5, 5.41) is 3.46. The van der Waals surface area contributed by atoms with E-state index in [1.165, 1.54) is 23.1 Å². The van der Waals surface area contributed by atoms with Crippen LogP contribution in [0.2, 0.25) is 0 Å². The third-order valence-corrected chi connectivity index (χ3v) is 6.72. The van der Waals surface area contributed by atoms with Gasteiger partial charge in [-0.15, -0.1) is 11.3 Å². The van der Waals surface area contributed by atoms with Gasteiger partial charge in [0.2, 0.25) is 0 Å². The Morgan fingerprint density at radius 1 is 1.13 bits per heavy atom. The third-order valence-electron chi connectivity index (χ3n) is 4.87. The fraction of sp³-hybridized carbons (Fsp3) is 0.0870. The molecule has 0 atom stereocenters. The molecule has 0 saturated carbocycles. The molecule has 154 valence electrons. The molecule has 0 spiro atoms. The highest BCUT2D eigenvalue weighted by Gasteiger charge is 2.14. The van der Waals surface area contributed by atoms with Crippen LogP contribution in [-0.2, 0) is 5.75 Å². The van der Waals surface area contributed by atoms with E-state index in [-0.39, 0.29) is 5.56 Å². The Balaban J connectivity index is 1.40. The second-order valence-corrected chi connectivity index (χ2v) is 8.58. The smallest absolute Gasteiger partial charge is 0.260 e. The molecule has 0 bridgehead atoms. The highest BCUT2D eigenvalue weighted by Crippen LogP contribution is 2.31. The number of rotatable bonds is 6. The van der Waals surface area contributed by atoms with Crippen LogP contribution in [0.3, 0.4) is 0 Å². The Bertz CT molecular complexity index is 1390. The van der Waals surface area contributed by atoms with E-state index in [0.29, 0.717) is 17.0 Å². The zero-order chi connectivity index (χ0) is 21.2. The average molecular weight is 447 g/mol. The number of hydrogen-bond acceptors (Lipinski definition) is 6. The third kappa shape index (κ3) is 3.87. The van der Waals surface area contributed by atoms with E-state index in [1.54, 1.807) is 13.3 Å². The molecule has 0 aliphatic heterocycles. The van der Waals surface area contributed by atoms with Gasteiger partial charge in [0.15, 0.2) is 5.16 Å². The van der Waals surface area contributed by atoms with E-state index in [4.69, 9.17) is 9.72 Å². The summed E-state index contributed by atoms with van der Waals surface area (Å²) in [6, 6.07) is 17.7. The van der Waals surface area contributed by atoms with E-state index < -0.39 is 0 Å². The van der Waals surface area contributed by atoms with Crippen LogP contribution in [0.4, 0.5) is 0 Å². The first-order chi connectivity index (χ1) is 15.2.